The maximum Gasteiger partial charge on any atom is 2.00 e. The van der Waals surface area contributed by atoms with Gasteiger partial charge in [-0.3, -0.25) is 0 Å². The molecule has 0 aliphatic carbocycles. The van der Waals surface area contributed by atoms with Gasteiger partial charge in [0.05, 0.1) is 16.8 Å². The minimum atomic E-state index is -2.76. The first-order chi connectivity index (χ1) is 8.18. The summed E-state index contributed by atoms with van der Waals surface area (Å²) in [5.74, 6) is 0. The van der Waals surface area contributed by atoms with E-state index in [0.717, 1.165) is 12.5 Å². The summed E-state index contributed by atoms with van der Waals surface area (Å²) in [6.45, 7) is 22.3. The summed E-state index contributed by atoms with van der Waals surface area (Å²) in [6, 6.07) is 0.735. The Morgan fingerprint density at radius 2 is 0.952 bits per heavy atom. The van der Waals surface area contributed by atoms with Crippen LogP contribution in [0.5, 0.6) is 0 Å². The average Bonchev–Trinajstić information content (AvgIpc) is 1.90. The Morgan fingerprint density at radius 3 is 1.10 bits per heavy atom. The minimum absolute atomic E-state index is 0. The summed E-state index contributed by atoms with van der Waals surface area (Å²) in [5, 5.41) is 0. The molecule has 0 N–H and O–H groups in total. The minimum Gasteiger partial charge on any atom is -1.00 e. The van der Waals surface area contributed by atoms with Gasteiger partial charge in [0.2, 0.25) is 0 Å². The Bertz CT molecular complexity index is 239. The fourth-order valence-corrected chi connectivity index (χ4v) is 5.49. The predicted octanol–water partition coefficient (Wildman–Crippen LogP) is 1.22. The molecule has 0 rings (SSSR count). The van der Waals surface area contributed by atoms with Gasteiger partial charge in [-0.15, -0.1) is 0 Å². The van der Waals surface area contributed by atoms with Crippen molar-refractivity contribution < 1.29 is 30.3 Å². The van der Waals surface area contributed by atoms with E-state index in [9.17, 15) is 0 Å². The molecule has 3 nitrogen and oxygen atoms in total. The summed E-state index contributed by atoms with van der Waals surface area (Å²) < 4.78 is 18.8. The fourth-order valence-electron chi connectivity index (χ4n) is 1.83. The van der Waals surface area contributed by atoms with E-state index < -0.39 is 8.80 Å². The standard InChI is InChI=1S/C15H33O3Si.BrH.Mg/c1-11-12-19(16-13(2,3)4,17-14(5,6)7)18-15(8,9)10;;/h1,11-12H2,2-10H3;1H;/q-1;;+2/p-1. The first-order valence-corrected chi connectivity index (χ1v) is 9.01. The molecule has 0 aromatic rings. The number of hydrogen-bond acceptors (Lipinski definition) is 3. The van der Waals surface area contributed by atoms with Crippen molar-refractivity contribution in [1.82, 2.24) is 0 Å². The summed E-state index contributed by atoms with van der Waals surface area (Å²) >= 11 is 0. The predicted molar refractivity (Wildman–Crippen MR) is 88.8 cm³/mol. The van der Waals surface area contributed by atoms with Crippen molar-refractivity contribution in [3.63, 3.8) is 0 Å². The van der Waals surface area contributed by atoms with E-state index in [2.05, 4.69) is 6.92 Å². The van der Waals surface area contributed by atoms with Crippen LogP contribution in [0.15, 0.2) is 0 Å². The van der Waals surface area contributed by atoms with Crippen molar-refractivity contribution in [2.24, 2.45) is 0 Å². The van der Waals surface area contributed by atoms with Crippen LogP contribution in [0.3, 0.4) is 0 Å². The quantitative estimate of drug-likeness (QED) is 0.519. The molecule has 0 fully saturated rings. The van der Waals surface area contributed by atoms with Gasteiger partial charge in [-0.2, -0.15) is 6.42 Å². The molecular formula is C15H33BrMgO3Si. The SMILES string of the molecule is [Br-].[CH2-]CC[Si](OC(C)(C)C)(OC(C)(C)C)OC(C)(C)C.[Mg+2]. The molecule has 124 valence electrons. The Hall–Kier alpha value is 1.34. The van der Waals surface area contributed by atoms with Crippen molar-refractivity contribution in [2.75, 3.05) is 0 Å². The third kappa shape index (κ3) is 14.7. The molecule has 0 aromatic heterocycles. The summed E-state index contributed by atoms with van der Waals surface area (Å²) in [7, 11) is -2.76. The van der Waals surface area contributed by atoms with Crippen molar-refractivity contribution in [3.05, 3.63) is 6.92 Å². The van der Waals surface area contributed by atoms with Gasteiger partial charge < -0.3 is 37.2 Å². The van der Waals surface area contributed by atoms with Crippen molar-refractivity contribution in [1.29, 1.82) is 0 Å². The molecule has 21 heavy (non-hydrogen) atoms. The van der Waals surface area contributed by atoms with Gasteiger partial charge in [0.1, 0.15) is 0 Å². The summed E-state index contributed by atoms with van der Waals surface area (Å²) in [4.78, 5) is 0. The third-order valence-electron chi connectivity index (χ3n) is 1.87. The smallest absolute Gasteiger partial charge is 1.00 e. The Labute approximate surface area is 160 Å². The van der Waals surface area contributed by atoms with E-state index in [1.165, 1.54) is 0 Å². The van der Waals surface area contributed by atoms with E-state index in [1.807, 2.05) is 62.3 Å². The first kappa shape index (κ1) is 27.2. The topological polar surface area (TPSA) is 27.7 Å². The molecule has 0 radical (unpaired) electrons. The van der Waals surface area contributed by atoms with Gasteiger partial charge in [-0.25, -0.2) is 0 Å². The fraction of sp³-hybridized carbons (Fsp3) is 0.933. The second-order valence-electron chi connectivity index (χ2n) is 7.93. The van der Waals surface area contributed by atoms with Crippen LogP contribution in [0.25, 0.3) is 0 Å². The largest absolute Gasteiger partial charge is 2.00 e. The molecule has 0 aliphatic rings. The number of halogens is 1. The van der Waals surface area contributed by atoms with Gasteiger partial charge in [-0.1, -0.05) is 0 Å². The van der Waals surface area contributed by atoms with Crippen LogP contribution < -0.4 is 17.0 Å². The van der Waals surface area contributed by atoms with Crippen LogP contribution in [0.1, 0.15) is 68.7 Å². The zero-order chi connectivity index (χ0) is 15.5. The Morgan fingerprint density at radius 1 is 0.714 bits per heavy atom. The van der Waals surface area contributed by atoms with Crippen molar-refractivity contribution in [3.8, 4) is 0 Å². The second-order valence-corrected chi connectivity index (χ2v) is 10.4. The van der Waals surface area contributed by atoms with Crippen molar-refractivity contribution >= 4 is 31.9 Å². The van der Waals surface area contributed by atoms with Crippen LogP contribution in [0.4, 0.5) is 0 Å². The van der Waals surface area contributed by atoms with Crippen LogP contribution in [-0.2, 0) is 13.3 Å². The molecule has 0 aliphatic heterocycles. The van der Waals surface area contributed by atoms with Crippen LogP contribution in [0, 0.1) is 6.92 Å². The van der Waals surface area contributed by atoms with E-state index in [-0.39, 0.29) is 56.8 Å². The van der Waals surface area contributed by atoms with E-state index in [1.54, 1.807) is 0 Å². The molecule has 0 atom stereocenters. The molecule has 0 amide bonds. The first-order valence-electron chi connectivity index (χ1n) is 7.08. The zero-order valence-electron chi connectivity index (χ0n) is 15.4. The molecule has 0 spiro atoms. The van der Waals surface area contributed by atoms with E-state index in [0.29, 0.717) is 0 Å². The van der Waals surface area contributed by atoms with Crippen molar-refractivity contribution in [2.45, 2.75) is 91.6 Å². The molecular weight excluding hydrogens is 360 g/mol. The summed E-state index contributed by atoms with van der Waals surface area (Å²) in [5.41, 5.74) is -0.881. The maximum absolute atomic E-state index is 6.27. The zero-order valence-corrected chi connectivity index (χ0v) is 19.4. The van der Waals surface area contributed by atoms with Gasteiger partial charge in [-0.05, 0) is 68.4 Å². The Balaban J connectivity index is -0.00000162. The second kappa shape index (κ2) is 9.59. The monoisotopic (exact) mass is 392 g/mol. The Kier molecular flexibility index (Phi) is 12.4. The van der Waals surface area contributed by atoms with Gasteiger partial charge in [0.15, 0.2) is 0 Å². The molecule has 0 bridgehead atoms. The van der Waals surface area contributed by atoms with E-state index in [4.69, 9.17) is 13.3 Å². The van der Waals surface area contributed by atoms with Crippen LogP contribution in [0.2, 0.25) is 6.04 Å². The van der Waals surface area contributed by atoms with E-state index >= 15 is 0 Å². The molecule has 0 saturated carbocycles. The summed E-state index contributed by atoms with van der Waals surface area (Å²) in [6.07, 6.45) is 0.745. The van der Waals surface area contributed by atoms with Crippen LogP contribution in [-0.4, -0.2) is 48.7 Å². The van der Waals surface area contributed by atoms with Gasteiger partial charge >= 0.3 is 31.9 Å². The molecule has 0 aromatic carbocycles. The molecule has 0 unspecified atom stereocenters. The van der Waals surface area contributed by atoms with Gasteiger partial charge in [0, 0.05) is 0 Å². The third-order valence-corrected chi connectivity index (χ3v) is 5.60. The molecule has 0 heterocycles. The molecule has 0 saturated heterocycles. The van der Waals surface area contributed by atoms with Crippen LogP contribution >= 0.6 is 0 Å². The normalized spacial score (nSPS) is 13.4. The number of rotatable bonds is 5. The number of hydrogen-bond donors (Lipinski definition) is 0. The maximum atomic E-state index is 6.27. The average molecular weight is 394 g/mol. The van der Waals surface area contributed by atoms with Gasteiger partial charge in [0.25, 0.3) is 0 Å². The molecule has 6 heteroatoms.